The lowest BCUT2D eigenvalue weighted by Crippen LogP contribution is -2.38. The average molecular weight is 269 g/mol. The van der Waals surface area contributed by atoms with Crippen LogP contribution >= 0.6 is 0 Å². The highest BCUT2D eigenvalue weighted by Crippen LogP contribution is 2.20. The molecule has 0 spiro atoms. The number of hydrogen-bond acceptors (Lipinski definition) is 3. The van der Waals surface area contributed by atoms with E-state index in [4.69, 9.17) is 4.74 Å². The standard InChI is InChI=1S/C14H20FNO3/c1-10(12-6-4-5-7-13(12)15)14(18)16(2)8-11(17)9-19-3/h4-7,10-11,17H,8-9H2,1-3H3. The first-order valence-corrected chi connectivity index (χ1v) is 6.13. The largest absolute Gasteiger partial charge is 0.389 e. The molecule has 0 aliphatic carbocycles. The Hall–Kier alpha value is -1.46. The molecule has 2 unspecified atom stereocenters. The molecule has 0 aliphatic rings. The third kappa shape index (κ3) is 4.29. The molecule has 1 aromatic rings. The summed E-state index contributed by atoms with van der Waals surface area (Å²) in [5, 5.41) is 9.58. The summed E-state index contributed by atoms with van der Waals surface area (Å²) in [6.45, 7) is 1.97. The van der Waals surface area contributed by atoms with Gasteiger partial charge in [0.05, 0.1) is 18.6 Å². The molecule has 2 atom stereocenters. The van der Waals surface area contributed by atoms with Gasteiger partial charge in [-0.25, -0.2) is 4.39 Å². The lowest BCUT2D eigenvalue weighted by atomic mass is 9.99. The summed E-state index contributed by atoms with van der Waals surface area (Å²) in [7, 11) is 3.06. The lowest BCUT2D eigenvalue weighted by Gasteiger charge is -2.24. The van der Waals surface area contributed by atoms with E-state index >= 15 is 0 Å². The van der Waals surface area contributed by atoms with E-state index in [0.717, 1.165) is 0 Å². The van der Waals surface area contributed by atoms with Crippen LogP contribution < -0.4 is 0 Å². The summed E-state index contributed by atoms with van der Waals surface area (Å²) in [5.41, 5.74) is 0.362. The molecule has 0 aromatic heterocycles. The van der Waals surface area contributed by atoms with Gasteiger partial charge >= 0.3 is 0 Å². The Labute approximate surface area is 112 Å². The number of aliphatic hydroxyl groups excluding tert-OH is 1. The van der Waals surface area contributed by atoms with E-state index in [1.807, 2.05) is 0 Å². The normalized spacial score (nSPS) is 13.9. The fourth-order valence-electron chi connectivity index (χ4n) is 1.94. The quantitative estimate of drug-likeness (QED) is 0.849. The summed E-state index contributed by atoms with van der Waals surface area (Å²) < 4.78 is 18.4. The second-order valence-corrected chi connectivity index (χ2v) is 4.57. The van der Waals surface area contributed by atoms with Crippen LogP contribution in [0.5, 0.6) is 0 Å². The van der Waals surface area contributed by atoms with Crippen molar-refractivity contribution < 1.29 is 19.0 Å². The number of ether oxygens (including phenoxy) is 1. The Morgan fingerprint density at radius 2 is 2.11 bits per heavy atom. The lowest BCUT2D eigenvalue weighted by molar-refractivity contribution is -0.132. The van der Waals surface area contributed by atoms with E-state index in [1.54, 1.807) is 32.2 Å². The summed E-state index contributed by atoms with van der Waals surface area (Å²) in [4.78, 5) is 13.5. The number of methoxy groups -OCH3 is 1. The molecule has 0 radical (unpaired) electrons. The van der Waals surface area contributed by atoms with Crippen molar-refractivity contribution in [3.63, 3.8) is 0 Å². The van der Waals surface area contributed by atoms with E-state index in [0.29, 0.717) is 5.56 Å². The van der Waals surface area contributed by atoms with Crippen molar-refractivity contribution in [2.45, 2.75) is 18.9 Å². The average Bonchev–Trinajstić information content (AvgIpc) is 2.37. The zero-order valence-electron chi connectivity index (χ0n) is 11.5. The number of carbonyl (C=O) groups is 1. The summed E-state index contributed by atoms with van der Waals surface area (Å²) in [6, 6.07) is 6.21. The molecule has 1 N–H and O–H groups in total. The number of amides is 1. The number of rotatable bonds is 6. The summed E-state index contributed by atoms with van der Waals surface area (Å²) in [5.74, 6) is -1.21. The molecule has 1 amide bonds. The molecular formula is C14H20FNO3. The van der Waals surface area contributed by atoms with Crippen LogP contribution in [0, 0.1) is 5.82 Å². The van der Waals surface area contributed by atoms with Gasteiger partial charge in [-0.15, -0.1) is 0 Å². The van der Waals surface area contributed by atoms with Gasteiger partial charge in [0.1, 0.15) is 5.82 Å². The van der Waals surface area contributed by atoms with E-state index in [9.17, 15) is 14.3 Å². The van der Waals surface area contributed by atoms with Crippen molar-refractivity contribution >= 4 is 5.91 Å². The Bertz CT molecular complexity index is 425. The third-order valence-electron chi connectivity index (χ3n) is 2.96. The highest BCUT2D eigenvalue weighted by atomic mass is 19.1. The van der Waals surface area contributed by atoms with Crippen molar-refractivity contribution in [1.29, 1.82) is 0 Å². The molecule has 106 valence electrons. The maximum atomic E-state index is 13.6. The zero-order valence-corrected chi connectivity index (χ0v) is 11.5. The van der Waals surface area contributed by atoms with Crippen LogP contribution in [0.2, 0.25) is 0 Å². The number of likely N-dealkylation sites (N-methyl/N-ethyl adjacent to an activating group) is 1. The van der Waals surface area contributed by atoms with Gasteiger partial charge in [0.25, 0.3) is 0 Å². The Kier molecular flexibility index (Phi) is 5.92. The third-order valence-corrected chi connectivity index (χ3v) is 2.96. The SMILES string of the molecule is COCC(O)CN(C)C(=O)C(C)c1ccccc1F. The molecule has 0 saturated carbocycles. The molecule has 4 nitrogen and oxygen atoms in total. The van der Waals surface area contributed by atoms with Crippen molar-refractivity contribution in [1.82, 2.24) is 4.90 Å². The van der Waals surface area contributed by atoms with Crippen LogP contribution in [0.15, 0.2) is 24.3 Å². The predicted molar refractivity (Wildman–Crippen MR) is 70.3 cm³/mol. The minimum Gasteiger partial charge on any atom is -0.389 e. The van der Waals surface area contributed by atoms with Gasteiger partial charge in [-0.3, -0.25) is 4.79 Å². The highest BCUT2D eigenvalue weighted by Gasteiger charge is 2.23. The van der Waals surface area contributed by atoms with Gasteiger partial charge in [-0.1, -0.05) is 18.2 Å². The fraction of sp³-hybridized carbons (Fsp3) is 0.500. The minimum atomic E-state index is -0.744. The van der Waals surface area contributed by atoms with Crippen LogP contribution in [0.1, 0.15) is 18.4 Å². The number of hydrogen-bond donors (Lipinski definition) is 1. The predicted octanol–water partition coefficient (Wildman–Crippen LogP) is 1.39. The first-order valence-electron chi connectivity index (χ1n) is 6.13. The van der Waals surface area contributed by atoms with Gasteiger partial charge < -0.3 is 14.7 Å². The molecule has 0 heterocycles. The Balaban J connectivity index is 2.69. The van der Waals surface area contributed by atoms with E-state index in [-0.39, 0.29) is 19.1 Å². The number of carbonyl (C=O) groups excluding carboxylic acids is 1. The first-order chi connectivity index (χ1) is 8.97. The molecule has 5 heteroatoms. The van der Waals surface area contributed by atoms with Crippen molar-refractivity contribution in [3.05, 3.63) is 35.6 Å². The Morgan fingerprint density at radius 3 is 2.68 bits per heavy atom. The highest BCUT2D eigenvalue weighted by molar-refractivity contribution is 5.83. The maximum Gasteiger partial charge on any atom is 0.229 e. The summed E-state index contributed by atoms with van der Waals surface area (Å²) >= 11 is 0. The molecule has 0 aliphatic heterocycles. The molecule has 19 heavy (non-hydrogen) atoms. The van der Waals surface area contributed by atoms with Crippen molar-refractivity contribution in [2.75, 3.05) is 27.3 Å². The van der Waals surface area contributed by atoms with Gasteiger partial charge in [-0.2, -0.15) is 0 Å². The topological polar surface area (TPSA) is 49.8 Å². The second kappa shape index (κ2) is 7.21. The molecule has 1 rings (SSSR count). The van der Waals surface area contributed by atoms with Crippen LogP contribution in [0.25, 0.3) is 0 Å². The van der Waals surface area contributed by atoms with E-state index in [2.05, 4.69) is 0 Å². The molecule has 0 saturated heterocycles. The number of nitrogens with zero attached hydrogens (tertiary/aromatic N) is 1. The van der Waals surface area contributed by atoms with Crippen LogP contribution in [-0.2, 0) is 9.53 Å². The second-order valence-electron chi connectivity index (χ2n) is 4.57. The monoisotopic (exact) mass is 269 g/mol. The van der Waals surface area contributed by atoms with Gasteiger partial charge in [0, 0.05) is 20.7 Å². The molecular weight excluding hydrogens is 249 g/mol. The van der Waals surface area contributed by atoms with Gasteiger partial charge in [-0.05, 0) is 18.6 Å². The number of benzene rings is 1. The fourth-order valence-corrected chi connectivity index (χ4v) is 1.94. The van der Waals surface area contributed by atoms with E-state index < -0.39 is 17.8 Å². The molecule has 0 fully saturated rings. The Morgan fingerprint density at radius 1 is 1.47 bits per heavy atom. The van der Waals surface area contributed by atoms with E-state index in [1.165, 1.54) is 18.1 Å². The molecule has 0 bridgehead atoms. The smallest absolute Gasteiger partial charge is 0.229 e. The van der Waals surface area contributed by atoms with Crippen LogP contribution in [0.3, 0.4) is 0 Å². The first kappa shape index (κ1) is 15.6. The summed E-state index contributed by atoms with van der Waals surface area (Å²) in [6.07, 6.45) is -0.744. The van der Waals surface area contributed by atoms with Gasteiger partial charge in [0.15, 0.2) is 0 Å². The number of halogens is 1. The van der Waals surface area contributed by atoms with Crippen LogP contribution in [-0.4, -0.2) is 49.3 Å². The number of aliphatic hydroxyl groups is 1. The minimum absolute atomic E-state index is 0.158. The van der Waals surface area contributed by atoms with Crippen molar-refractivity contribution in [2.24, 2.45) is 0 Å². The van der Waals surface area contributed by atoms with Gasteiger partial charge in [0.2, 0.25) is 5.91 Å². The molecule has 1 aromatic carbocycles. The maximum absolute atomic E-state index is 13.6. The zero-order chi connectivity index (χ0) is 14.4. The van der Waals surface area contributed by atoms with Crippen molar-refractivity contribution in [3.8, 4) is 0 Å². The van der Waals surface area contributed by atoms with Crippen LogP contribution in [0.4, 0.5) is 4.39 Å².